The van der Waals surface area contributed by atoms with E-state index in [2.05, 4.69) is 41.1 Å². The van der Waals surface area contributed by atoms with Crippen molar-refractivity contribution in [1.29, 1.82) is 0 Å². The van der Waals surface area contributed by atoms with E-state index in [0.717, 1.165) is 25.3 Å². The molecule has 126 valence electrons. The fraction of sp³-hybridized carbons (Fsp3) is 0.368. The summed E-state index contributed by atoms with van der Waals surface area (Å²) in [4.78, 5) is 19.0. The molecule has 0 aliphatic carbocycles. The Hall–Kier alpha value is -2.40. The van der Waals surface area contributed by atoms with Crippen LogP contribution in [0.4, 0.5) is 4.79 Å². The number of aromatic nitrogens is 1. The molecular weight excluding hydrogens is 302 g/mol. The number of carbonyl (C=O) groups is 1. The summed E-state index contributed by atoms with van der Waals surface area (Å²) in [6.07, 6.45) is 1.03. The number of hydrogen-bond acceptors (Lipinski definition) is 3. The van der Waals surface area contributed by atoms with Crippen molar-refractivity contribution in [2.45, 2.75) is 20.4 Å². The summed E-state index contributed by atoms with van der Waals surface area (Å²) >= 11 is 0. The van der Waals surface area contributed by atoms with Crippen molar-refractivity contribution in [2.75, 3.05) is 26.2 Å². The van der Waals surface area contributed by atoms with Gasteiger partial charge in [0.05, 0.1) is 0 Å². The molecule has 0 atom stereocenters. The van der Waals surface area contributed by atoms with Gasteiger partial charge < -0.3 is 10.0 Å². The van der Waals surface area contributed by atoms with Crippen LogP contribution in [-0.2, 0) is 6.54 Å². The molecule has 0 unspecified atom stereocenters. The molecule has 1 aromatic carbocycles. The molecule has 1 saturated heterocycles. The molecule has 5 heteroatoms. The van der Waals surface area contributed by atoms with E-state index in [1.807, 2.05) is 19.2 Å². The maximum Gasteiger partial charge on any atom is 0.407 e. The molecule has 0 saturated carbocycles. The van der Waals surface area contributed by atoms with Crippen molar-refractivity contribution >= 4 is 6.09 Å². The Morgan fingerprint density at radius 2 is 1.79 bits per heavy atom. The lowest BCUT2D eigenvalue weighted by atomic mass is 9.99. The van der Waals surface area contributed by atoms with Crippen LogP contribution >= 0.6 is 0 Å². The van der Waals surface area contributed by atoms with Crippen molar-refractivity contribution in [3.8, 4) is 11.1 Å². The lowest BCUT2D eigenvalue weighted by Gasteiger charge is -2.33. The summed E-state index contributed by atoms with van der Waals surface area (Å²) in [6.45, 7) is 7.76. The van der Waals surface area contributed by atoms with Gasteiger partial charge in [0.1, 0.15) is 0 Å². The summed E-state index contributed by atoms with van der Waals surface area (Å²) in [5.41, 5.74) is 5.98. The van der Waals surface area contributed by atoms with Gasteiger partial charge in [0.15, 0.2) is 0 Å². The molecule has 5 nitrogen and oxygen atoms in total. The summed E-state index contributed by atoms with van der Waals surface area (Å²) in [5, 5.41) is 9.02. The van der Waals surface area contributed by atoms with Gasteiger partial charge in [0, 0.05) is 44.6 Å². The highest BCUT2D eigenvalue weighted by atomic mass is 16.4. The number of aryl methyl sites for hydroxylation is 2. The Bertz CT molecular complexity index is 737. The Balaban J connectivity index is 1.69. The zero-order valence-electron chi connectivity index (χ0n) is 14.2. The minimum Gasteiger partial charge on any atom is -0.465 e. The average molecular weight is 325 g/mol. The van der Waals surface area contributed by atoms with Crippen LogP contribution < -0.4 is 0 Å². The number of rotatable bonds is 3. The van der Waals surface area contributed by atoms with E-state index in [1.165, 1.54) is 27.2 Å². The molecule has 2 aromatic rings. The predicted octanol–water partition coefficient (Wildman–Crippen LogP) is 3.16. The smallest absolute Gasteiger partial charge is 0.407 e. The minimum atomic E-state index is -0.817. The van der Waals surface area contributed by atoms with Crippen molar-refractivity contribution in [2.24, 2.45) is 0 Å². The SMILES string of the molecule is Cc1cc(-c2ccc(CN3CCN(C(=O)O)CC3)c(C)c2)ccn1. The monoisotopic (exact) mass is 325 g/mol. The lowest BCUT2D eigenvalue weighted by Crippen LogP contribution is -2.47. The number of amides is 1. The van der Waals surface area contributed by atoms with Crippen LogP contribution in [0.3, 0.4) is 0 Å². The zero-order chi connectivity index (χ0) is 17.1. The third-order valence-electron chi connectivity index (χ3n) is 4.61. The molecule has 3 rings (SSSR count). The summed E-state index contributed by atoms with van der Waals surface area (Å²) < 4.78 is 0. The fourth-order valence-electron chi connectivity index (χ4n) is 3.12. The fourth-order valence-corrected chi connectivity index (χ4v) is 3.12. The van der Waals surface area contributed by atoms with Gasteiger partial charge in [-0.25, -0.2) is 4.79 Å². The normalized spacial score (nSPS) is 15.5. The Labute approximate surface area is 142 Å². The molecule has 1 amide bonds. The van der Waals surface area contributed by atoms with Gasteiger partial charge in [-0.2, -0.15) is 0 Å². The van der Waals surface area contributed by atoms with Gasteiger partial charge in [-0.1, -0.05) is 18.2 Å². The van der Waals surface area contributed by atoms with Gasteiger partial charge in [-0.3, -0.25) is 9.88 Å². The zero-order valence-corrected chi connectivity index (χ0v) is 14.2. The van der Waals surface area contributed by atoms with Crippen molar-refractivity contribution < 1.29 is 9.90 Å². The third kappa shape index (κ3) is 3.74. The molecule has 2 heterocycles. The van der Waals surface area contributed by atoms with Crippen LogP contribution in [0.15, 0.2) is 36.5 Å². The number of benzene rings is 1. The maximum atomic E-state index is 11.0. The predicted molar refractivity (Wildman–Crippen MR) is 94.0 cm³/mol. The first-order chi connectivity index (χ1) is 11.5. The Morgan fingerprint density at radius 1 is 1.08 bits per heavy atom. The molecule has 1 aliphatic heterocycles. The van der Waals surface area contributed by atoms with Gasteiger partial charge in [0.2, 0.25) is 0 Å². The van der Waals surface area contributed by atoms with Crippen molar-refractivity contribution in [3.63, 3.8) is 0 Å². The van der Waals surface area contributed by atoms with E-state index in [-0.39, 0.29) is 0 Å². The van der Waals surface area contributed by atoms with Crippen molar-refractivity contribution in [1.82, 2.24) is 14.8 Å². The van der Waals surface area contributed by atoms with E-state index in [9.17, 15) is 4.79 Å². The number of nitrogens with zero attached hydrogens (tertiary/aromatic N) is 3. The second kappa shape index (κ2) is 7.01. The molecule has 1 aromatic heterocycles. The highest BCUT2D eigenvalue weighted by molar-refractivity contribution is 5.65. The first kappa shape index (κ1) is 16.5. The second-order valence-electron chi connectivity index (χ2n) is 6.37. The molecule has 0 radical (unpaired) electrons. The number of pyridine rings is 1. The van der Waals surface area contributed by atoms with E-state index in [4.69, 9.17) is 5.11 Å². The summed E-state index contributed by atoms with van der Waals surface area (Å²) in [5.74, 6) is 0. The highest BCUT2D eigenvalue weighted by Crippen LogP contribution is 2.23. The topological polar surface area (TPSA) is 56.7 Å². The molecule has 1 fully saturated rings. The molecule has 1 N–H and O–H groups in total. The highest BCUT2D eigenvalue weighted by Gasteiger charge is 2.20. The third-order valence-corrected chi connectivity index (χ3v) is 4.61. The standard InChI is InChI=1S/C19H23N3O2/c1-14-11-16(17-5-6-20-15(2)12-17)3-4-18(14)13-21-7-9-22(10-8-21)19(23)24/h3-6,11-12H,7-10,13H2,1-2H3,(H,23,24). The van der Waals surface area contributed by atoms with Crippen LogP contribution in [0.25, 0.3) is 11.1 Å². The second-order valence-corrected chi connectivity index (χ2v) is 6.37. The minimum absolute atomic E-state index is 0.586. The molecule has 0 spiro atoms. The van der Waals surface area contributed by atoms with Gasteiger partial charge in [0.25, 0.3) is 0 Å². The number of carboxylic acid groups (broad SMARTS) is 1. The van der Waals surface area contributed by atoms with Crippen LogP contribution in [0, 0.1) is 13.8 Å². The Morgan fingerprint density at radius 3 is 2.42 bits per heavy atom. The van der Waals surface area contributed by atoms with E-state index in [0.29, 0.717) is 13.1 Å². The van der Waals surface area contributed by atoms with Crippen LogP contribution in [-0.4, -0.2) is 52.2 Å². The van der Waals surface area contributed by atoms with E-state index in [1.54, 1.807) is 0 Å². The molecule has 24 heavy (non-hydrogen) atoms. The number of hydrogen-bond donors (Lipinski definition) is 1. The van der Waals surface area contributed by atoms with E-state index < -0.39 is 6.09 Å². The van der Waals surface area contributed by atoms with E-state index >= 15 is 0 Å². The van der Waals surface area contributed by atoms with Crippen LogP contribution in [0.5, 0.6) is 0 Å². The first-order valence-corrected chi connectivity index (χ1v) is 8.26. The molecule has 0 bridgehead atoms. The largest absolute Gasteiger partial charge is 0.465 e. The first-order valence-electron chi connectivity index (χ1n) is 8.26. The van der Waals surface area contributed by atoms with Crippen LogP contribution in [0.1, 0.15) is 16.8 Å². The maximum absolute atomic E-state index is 11.0. The van der Waals surface area contributed by atoms with Gasteiger partial charge in [-0.05, 0) is 48.2 Å². The average Bonchev–Trinajstić information content (AvgIpc) is 2.57. The van der Waals surface area contributed by atoms with Crippen molar-refractivity contribution in [3.05, 3.63) is 53.3 Å². The van der Waals surface area contributed by atoms with Gasteiger partial charge in [-0.15, -0.1) is 0 Å². The Kier molecular flexibility index (Phi) is 4.81. The summed E-state index contributed by atoms with van der Waals surface area (Å²) in [6, 6.07) is 10.7. The quantitative estimate of drug-likeness (QED) is 0.942. The lowest BCUT2D eigenvalue weighted by molar-refractivity contribution is 0.103. The molecule has 1 aliphatic rings. The summed E-state index contributed by atoms with van der Waals surface area (Å²) in [7, 11) is 0. The van der Waals surface area contributed by atoms with Gasteiger partial charge >= 0.3 is 6.09 Å². The molecular formula is C19H23N3O2. The number of piperazine rings is 1. The van der Waals surface area contributed by atoms with Crippen LogP contribution in [0.2, 0.25) is 0 Å².